The fourth-order valence-corrected chi connectivity index (χ4v) is 3.90. The smallest absolute Gasteiger partial charge is 0.191 e. The summed E-state index contributed by atoms with van der Waals surface area (Å²) in [6.07, 6.45) is 1.38. The van der Waals surface area contributed by atoms with Crippen molar-refractivity contribution in [2.75, 3.05) is 40.4 Å². The van der Waals surface area contributed by atoms with Gasteiger partial charge < -0.3 is 25.2 Å². The molecule has 7 nitrogen and oxygen atoms in total. The molecule has 2 aromatic rings. The van der Waals surface area contributed by atoms with Crippen molar-refractivity contribution >= 4 is 5.96 Å². The number of methoxy groups -OCH3 is 2. The van der Waals surface area contributed by atoms with Crippen molar-refractivity contribution in [3.63, 3.8) is 0 Å². The van der Waals surface area contributed by atoms with Crippen molar-refractivity contribution in [2.24, 2.45) is 4.99 Å². The average molecular weight is 441 g/mol. The fourth-order valence-electron chi connectivity index (χ4n) is 3.90. The number of piperidine rings is 1. The van der Waals surface area contributed by atoms with Crippen molar-refractivity contribution in [1.29, 1.82) is 0 Å². The lowest BCUT2D eigenvalue weighted by Gasteiger charge is -2.33. The molecule has 3 N–H and O–H groups in total. The van der Waals surface area contributed by atoms with Crippen molar-refractivity contribution in [1.82, 2.24) is 15.5 Å². The van der Waals surface area contributed by atoms with Crippen molar-refractivity contribution < 1.29 is 14.6 Å². The molecule has 0 saturated carbocycles. The normalized spacial score (nSPS) is 16.4. The molecule has 3 rings (SSSR count). The molecule has 0 bridgehead atoms. The molecular formula is C25H36N4O3. The predicted molar refractivity (Wildman–Crippen MR) is 128 cm³/mol. The van der Waals surface area contributed by atoms with E-state index in [1.807, 2.05) is 19.1 Å². The summed E-state index contributed by atoms with van der Waals surface area (Å²) in [5.74, 6) is 2.03. The van der Waals surface area contributed by atoms with Gasteiger partial charge in [0.25, 0.3) is 0 Å². The topological polar surface area (TPSA) is 78.4 Å². The highest BCUT2D eigenvalue weighted by molar-refractivity contribution is 5.80. The highest BCUT2D eigenvalue weighted by Crippen LogP contribution is 2.26. The molecule has 1 fully saturated rings. The second-order valence-electron chi connectivity index (χ2n) is 8.06. The molecule has 0 aromatic heterocycles. The molecule has 1 heterocycles. The van der Waals surface area contributed by atoms with E-state index in [2.05, 4.69) is 50.9 Å². The average Bonchev–Trinajstić information content (AvgIpc) is 2.84. The van der Waals surface area contributed by atoms with E-state index in [9.17, 15) is 5.11 Å². The molecule has 0 aliphatic carbocycles. The number of benzene rings is 2. The van der Waals surface area contributed by atoms with Crippen LogP contribution >= 0.6 is 0 Å². The van der Waals surface area contributed by atoms with Gasteiger partial charge in [-0.05, 0) is 43.0 Å². The number of nitrogens with zero attached hydrogens (tertiary/aromatic N) is 2. The third kappa shape index (κ3) is 7.14. The summed E-state index contributed by atoms with van der Waals surface area (Å²) in [5.41, 5.74) is 2.08. The number of aliphatic hydroxyl groups excluding tert-OH is 1. The van der Waals surface area contributed by atoms with Crippen molar-refractivity contribution in [3.8, 4) is 11.5 Å². The van der Waals surface area contributed by atoms with Gasteiger partial charge in [0, 0.05) is 38.3 Å². The molecule has 32 heavy (non-hydrogen) atoms. The number of likely N-dealkylation sites (tertiary alicyclic amines) is 1. The first-order chi connectivity index (χ1) is 15.6. The number of hydrogen-bond donors (Lipinski definition) is 3. The van der Waals surface area contributed by atoms with Crippen LogP contribution in [-0.2, 0) is 6.54 Å². The van der Waals surface area contributed by atoms with Gasteiger partial charge in [0.05, 0.1) is 26.9 Å². The zero-order chi connectivity index (χ0) is 22.8. The van der Waals surface area contributed by atoms with E-state index in [1.165, 1.54) is 5.56 Å². The molecule has 0 radical (unpaired) electrons. The van der Waals surface area contributed by atoms with E-state index in [1.54, 1.807) is 20.3 Å². The van der Waals surface area contributed by atoms with Crippen LogP contribution in [0, 0.1) is 0 Å². The molecule has 1 unspecified atom stereocenters. The maximum Gasteiger partial charge on any atom is 0.191 e. The molecular weight excluding hydrogens is 404 g/mol. The first-order valence-electron chi connectivity index (χ1n) is 11.3. The minimum absolute atomic E-state index is 0.249. The van der Waals surface area contributed by atoms with E-state index in [-0.39, 0.29) is 6.54 Å². The molecule has 7 heteroatoms. The third-order valence-electron chi connectivity index (χ3n) is 5.70. The molecule has 0 spiro atoms. The zero-order valence-corrected chi connectivity index (χ0v) is 19.4. The van der Waals surface area contributed by atoms with Gasteiger partial charge >= 0.3 is 0 Å². The fraction of sp³-hybridized carbons (Fsp3) is 0.480. The number of rotatable bonds is 9. The maximum atomic E-state index is 10.7. The Hall–Kier alpha value is -2.77. The van der Waals surface area contributed by atoms with Gasteiger partial charge in [-0.25, -0.2) is 0 Å². The monoisotopic (exact) mass is 440 g/mol. The summed E-state index contributed by atoms with van der Waals surface area (Å²) in [5, 5.41) is 17.5. The van der Waals surface area contributed by atoms with Gasteiger partial charge in [0.1, 0.15) is 11.5 Å². The lowest BCUT2D eigenvalue weighted by atomic mass is 10.0. The summed E-state index contributed by atoms with van der Waals surface area (Å²) in [6, 6.07) is 16.4. The molecule has 2 aromatic carbocycles. The Morgan fingerprint density at radius 2 is 1.75 bits per heavy atom. The summed E-state index contributed by atoms with van der Waals surface area (Å²) in [4.78, 5) is 7.13. The lowest BCUT2D eigenvalue weighted by molar-refractivity contribution is 0.185. The van der Waals surface area contributed by atoms with Gasteiger partial charge in [0.2, 0.25) is 0 Å². The van der Waals surface area contributed by atoms with E-state index in [0.717, 1.165) is 50.5 Å². The van der Waals surface area contributed by atoms with Gasteiger partial charge in [-0.1, -0.05) is 30.3 Å². The van der Waals surface area contributed by atoms with Crippen LogP contribution in [0.1, 0.15) is 37.0 Å². The summed E-state index contributed by atoms with van der Waals surface area (Å²) in [7, 11) is 3.20. The van der Waals surface area contributed by atoms with Gasteiger partial charge in [-0.3, -0.25) is 9.89 Å². The number of aliphatic imine (C=N–C) groups is 1. The minimum Gasteiger partial charge on any atom is -0.497 e. The minimum atomic E-state index is -0.748. The lowest BCUT2D eigenvalue weighted by Crippen LogP contribution is -2.48. The Morgan fingerprint density at radius 3 is 2.34 bits per heavy atom. The molecule has 1 atom stereocenters. The van der Waals surface area contributed by atoms with Crippen LogP contribution in [0.15, 0.2) is 53.5 Å². The molecule has 0 amide bonds. The second kappa shape index (κ2) is 12.3. The van der Waals surface area contributed by atoms with Crippen LogP contribution in [0.5, 0.6) is 11.5 Å². The highest BCUT2D eigenvalue weighted by atomic mass is 16.5. The van der Waals surface area contributed by atoms with E-state index < -0.39 is 6.10 Å². The van der Waals surface area contributed by atoms with Crippen LogP contribution in [0.4, 0.5) is 0 Å². The van der Waals surface area contributed by atoms with Crippen LogP contribution in [0.2, 0.25) is 0 Å². The van der Waals surface area contributed by atoms with Gasteiger partial charge in [-0.2, -0.15) is 0 Å². The van der Waals surface area contributed by atoms with E-state index in [0.29, 0.717) is 17.5 Å². The Labute approximate surface area is 191 Å². The molecule has 1 saturated heterocycles. The van der Waals surface area contributed by atoms with Crippen molar-refractivity contribution in [3.05, 3.63) is 59.7 Å². The van der Waals surface area contributed by atoms with Gasteiger partial charge in [-0.15, -0.1) is 0 Å². The first kappa shape index (κ1) is 23.9. The maximum absolute atomic E-state index is 10.7. The summed E-state index contributed by atoms with van der Waals surface area (Å²) >= 11 is 0. The number of nitrogens with one attached hydrogen (secondary N) is 2. The Morgan fingerprint density at radius 1 is 1.09 bits per heavy atom. The summed E-state index contributed by atoms with van der Waals surface area (Å²) in [6.45, 7) is 6.16. The Kier molecular flexibility index (Phi) is 9.19. The zero-order valence-electron chi connectivity index (χ0n) is 19.4. The van der Waals surface area contributed by atoms with Crippen LogP contribution in [0.25, 0.3) is 0 Å². The predicted octanol–water partition coefficient (Wildman–Crippen LogP) is 2.96. The number of ether oxygens (including phenoxy) is 2. The third-order valence-corrected chi connectivity index (χ3v) is 5.70. The highest BCUT2D eigenvalue weighted by Gasteiger charge is 2.20. The SMILES string of the molecule is CCNC(=NCC(O)c1cc(OC)cc(OC)c1)NC1CCN(Cc2ccccc2)CC1. The Bertz CT molecular complexity index is 829. The van der Waals surface area contributed by atoms with Crippen LogP contribution in [-0.4, -0.2) is 62.4 Å². The molecule has 1 aliphatic heterocycles. The number of hydrogen-bond acceptors (Lipinski definition) is 5. The molecule has 1 aliphatic rings. The number of aliphatic hydroxyl groups is 1. The molecule has 174 valence electrons. The largest absolute Gasteiger partial charge is 0.497 e. The van der Waals surface area contributed by atoms with Crippen LogP contribution in [0.3, 0.4) is 0 Å². The van der Waals surface area contributed by atoms with Crippen molar-refractivity contribution in [2.45, 2.75) is 38.5 Å². The summed E-state index contributed by atoms with van der Waals surface area (Å²) < 4.78 is 10.6. The Balaban J connectivity index is 1.54. The van der Waals surface area contributed by atoms with E-state index >= 15 is 0 Å². The first-order valence-corrected chi connectivity index (χ1v) is 11.3. The quantitative estimate of drug-likeness (QED) is 0.411. The van der Waals surface area contributed by atoms with Crippen LogP contribution < -0.4 is 20.1 Å². The van der Waals surface area contributed by atoms with Gasteiger partial charge in [0.15, 0.2) is 5.96 Å². The van der Waals surface area contributed by atoms with E-state index in [4.69, 9.17) is 9.47 Å². The number of guanidine groups is 1. The standard InChI is InChI=1S/C25H36N4O3/c1-4-26-25(27-17-24(30)20-14-22(31-2)16-23(15-20)32-3)28-21-10-12-29(13-11-21)18-19-8-6-5-7-9-19/h5-9,14-16,21,24,30H,4,10-13,17-18H2,1-3H3,(H2,26,27,28). The second-order valence-corrected chi connectivity index (χ2v) is 8.06.